The molecule has 0 amide bonds. The Morgan fingerprint density at radius 1 is 1.06 bits per heavy atom. The molecule has 2 rings (SSSR count). The second-order valence-corrected chi connectivity index (χ2v) is 6.96. The fourth-order valence-electron chi connectivity index (χ4n) is 3.67. The number of nitrogens with two attached hydrogens (primary N) is 1. The SMILES string of the molecule is CC1(C)C(C(N)CCCc2ccccc2)C1(C)C. The highest BCUT2D eigenvalue weighted by molar-refractivity contribution is 5.17. The highest BCUT2D eigenvalue weighted by Gasteiger charge is 2.66. The molecule has 1 aromatic rings. The summed E-state index contributed by atoms with van der Waals surface area (Å²) in [6.07, 6.45) is 3.50. The van der Waals surface area contributed by atoms with Gasteiger partial charge in [-0.2, -0.15) is 0 Å². The molecule has 0 spiro atoms. The van der Waals surface area contributed by atoms with E-state index in [0.29, 0.717) is 22.8 Å². The third-order valence-electron chi connectivity index (χ3n) is 5.41. The molecule has 0 bridgehead atoms. The Hall–Kier alpha value is -0.820. The first kappa shape index (κ1) is 13.6. The van der Waals surface area contributed by atoms with Crippen LogP contribution in [0, 0.1) is 16.7 Å². The molecular formula is C17H27N. The second kappa shape index (κ2) is 4.70. The van der Waals surface area contributed by atoms with Crippen molar-refractivity contribution >= 4 is 0 Å². The van der Waals surface area contributed by atoms with Gasteiger partial charge in [-0.15, -0.1) is 0 Å². The van der Waals surface area contributed by atoms with Crippen molar-refractivity contribution in [2.75, 3.05) is 0 Å². The smallest absolute Gasteiger partial charge is 0.00778 e. The molecular weight excluding hydrogens is 218 g/mol. The van der Waals surface area contributed by atoms with Crippen LogP contribution in [-0.2, 0) is 6.42 Å². The number of rotatable bonds is 5. The molecule has 0 radical (unpaired) electrons. The van der Waals surface area contributed by atoms with E-state index in [4.69, 9.17) is 5.73 Å². The van der Waals surface area contributed by atoms with Gasteiger partial charge in [0.05, 0.1) is 0 Å². The van der Waals surface area contributed by atoms with Gasteiger partial charge < -0.3 is 5.73 Å². The number of aryl methyl sites for hydroxylation is 1. The number of benzene rings is 1. The lowest BCUT2D eigenvalue weighted by atomic mass is 9.98. The first-order chi connectivity index (χ1) is 8.37. The lowest BCUT2D eigenvalue weighted by molar-refractivity contribution is 0.447. The van der Waals surface area contributed by atoms with Gasteiger partial charge in [0, 0.05) is 6.04 Å². The minimum atomic E-state index is 0.360. The van der Waals surface area contributed by atoms with E-state index >= 15 is 0 Å². The van der Waals surface area contributed by atoms with Crippen molar-refractivity contribution in [1.29, 1.82) is 0 Å². The molecule has 0 saturated heterocycles. The van der Waals surface area contributed by atoms with Crippen LogP contribution in [0.2, 0.25) is 0 Å². The average molecular weight is 245 g/mol. The molecule has 1 aliphatic carbocycles. The van der Waals surface area contributed by atoms with Gasteiger partial charge in [-0.05, 0) is 41.6 Å². The van der Waals surface area contributed by atoms with Crippen LogP contribution >= 0.6 is 0 Å². The van der Waals surface area contributed by atoms with Gasteiger partial charge in [0.15, 0.2) is 0 Å². The van der Waals surface area contributed by atoms with E-state index in [2.05, 4.69) is 58.0 Å². The van der Waals surface area contributed by atoms with Gasteiger partial charge in [-0.3, -0.25) is 0 Å². The van der Waals surface area contributed by atoms with Gasteiger partial charge in [-0.1, -0.05) is 58.0 Å². The Morgan fingerprint density at radius 3 is 2.11 bits per heavy atom. The van der Waals surface area contributed by atoms with E-state index in [1.807, 2.05) is 0 Å². The molecule has 1 atom stereocenters. The lowest BCUT2D eigenvalue weighted by Gasteiger charge is -2.13. The van der Waals surface area contributed by atoms with Crippen LogP contribution in [0.5, 0.6) is 0 Å². The minimum absolute atomic E-state index is 0.360. The molecule has 0 aliphatic heterocycles. The zero-order chi connectivity index (χ0) is 13.4. The second-order valence-electron chi connectivity index (χ2n) is 6.96. The van der Waals surface area contributed by atoms with E-state index in [1.165, 1.54) is 12.0 Å². The summed E-state index contributed by atoms with van der Waals surface area (Å²) in [6, 6.07) is 11.1. The lowest BCUT2D eigenvalue weighted by Crippen LogP contribution is -2.25. The van der Waals surface area contributed by atoms with Crippen molar-refractivity contribution in [1.82, 2.24) is 0 Å². The maximum atomic E-state index is 6.39. The Bertz CT molecular complexity index is 377. The fourth-order valence-corrected chi connectivity index (χ4v) is 3.67. The Morgan fingerprint density at radius 2 is 1.61 bits per heavy atom. The van der Waals surface area contributed by atoms with Crippen LogP contribution in [-0.4, -0.2) is 6.04 Å². The predicted octanol–water partition coefficient (Wildman–Crippen LogP) is 4.02. The summed E-state index contributed by atoms with van der Waals surface area (Å²) in [6.45, 7) is 9.42. The average Bonchev–Trinajstić information content (AvgIpc) is 2.70. The Kier molecular flexibility index (Phi) is 3.55. The van der Waals surface area contributed by atoms with Crippen molar-refractivity contribution in [3.63, 3.8) is 0 Å². The molecule has 18 heavy (non-hydrogen) atoms. The molecule has 1 fully saturated rings. The fraction of sp³-hybridized carbons (Fsp3) is 0.647. The number of hydrogen-bond acceptors (Lipinski definition) is 1. The molecule has 0 heterocycles. The van der Waals surface area contributed by atoms with Crippen molar-refractivity contribution < 1.29 is 0 Å². The predicted molar refractivity (Wildman–Crippen MR) is 78.4 cm³/mol. The van der Waals surface area contributed by atoms with Gasteiger partial charge in [-0.25, -0.2) is 0 Å². The van der Waals surface area contributed by atoms with Crippen LogP contribution in [0.3, 0.4) is 0 Å². The van der Waals surface area contributed by atoms with Gasteiger partial charge in [0.25, 0.3) is 0 Å². The van der Waals surface area contributed by atoms with Gasteiger partial charge >= 0.3 is 0 Å². The molecule has 1 unspecified atom stereocenters. The topological polar surface area (TPSA) is 26.0 Å². The van der Waals surface area contributed by atoms with E-state index in [1.54, 1.807) is 0 Å². The van der Waals surface area contributed by atoms with Crippen molar-refractivity contribution in [2.45, 2.75) is 53.0 Å². The van der Waals surface area contributed by atoms with Gasteiger partial charge in [0.2, 0.25) is 0 Å². The number of hydrogen-bond donors (Lipinski definition) is 1. The minimum Gasteiger partial charge on any atom is -0.327 e. The summed E-state index contributed by atoms with van der Waals surface area (Å²) < 4.78 is 0. The molecule has 2 N–H and O–H groups in total. The Balaban J connectivity index is 1.79. The standard InChI is InChI=1S/C17H27N/c1-16(2)15(17(16,3)4)14(18)12-8-11-13-9-6-5-7-10-13/h5-7,9-10,14-15H,8,11-12,18H2,1-4H3. The third kappa shape index (κ3) is 2.33. The highest BCUT2D eigenvalue weighted by Crippen LogP contribution is 2.69. The van der Waals surface area contributed by atoms with E-state index in [9.17, 15) is 0 Å². The van der Waals surface area contributed by atoms with Crippen LogP contribution in [0.1, 0.15) is 46.1 Å². The van der Waals surface area contributed by atoms with E-state index in [0.717, 1.165) is 12.8 Å². The molecule has 1 saturated carbocycles. The van der Waals surface area contributed by atoms with Crippen LogP contribution in [0.25, 0.3) is 0 Å². The van der Waals surface area contributed by atoms with Crippen molar-refractivity contribution in [2.24, 2.45) is 22.5 Å². The van der Waals surface area contributed by atoms with Crippen LogP contribution in [0.15, 0.2) is 30.3 Å². The molecule has 1 heteroatoms. The van der Waals surface area contributed by atoms with Crippen molar-refractivity contribution in [3.05, 3.63) is 35.9 Å². The zero-order valence-corrected chi connectivity index (χ0v) is 12.2. The summed E-state index contributed by atoms with van der Waals surface area (Å²) in [5.74, 6) is 0.681. The first-order valence-corrected chi connectivity index (χ1v) is 7.17. The summed E-state index contributed by atoms with van der Waals surface area (Å²) in [4.78, 5) is 0. The maximum absolute atomic E-state index is 6.39. The summed E-state index contributed by atoms with van der Waals surface area (Å²) in [5.41, 5.74) is 8.66. The quantitative estimate of drug-likeness (QED) is 0.833. The Labute approximate surface area is 112 Å². The molecule has 100 valence electrons. The zero-order valence-electron chi connectivity index (χ0n) is 12.2. The van der Waals surface area contributed by atoms with Gasteiger partial charge in [0.1, 0.15) is 0 Å². The monoisotopic (exact) mass is 245 g/mol. The summed E-state index contributed by atoms with van der Waals surface area (Å²) >= 11 is 0. The highest BCUT2D eigenvalue weighted by atomic mass is 14.8. The molecule has 1 aromatic carbocycles. The first-order valence-electron chi connectivity index (χ1n) is 7.17. The summed E-state index contributed by atoms with van der Waals surface area (Å²) in [5, 5.41) is 0. The van der Waals surface area contributed by atoms with E-state index < -0.39 is 0 Å². The maximum Gasteiger partial charge on any atom is 0.00778 e. The van der Waals surface area contributed by atoms with Crippen molar-refractivity contribution in [3.8, 4) is 0 Å². The van der Waals surface area contributed by atoms with Crippen LogP contribution in [0.4, 0.5) is 0 Å². The third-order valence-corrected chi connectivity index (χ3v) is 5.41. The summed E-state index contributed by atoms with van der Waals surface area (Å²) in [7, 11) is 0. The molecule has 1 aliphatic rings. The molecule has 1 nitrogen and oxygen atoms in total. The largest absolute Gasteiger partial charge is 0.327 e. The normalized spacial score (nSPS) is 22.7. The molecule has 0 aromatic heterocycles. The van der Waals surface area contributed by atoms with E-state index in [-0.39, 0.29) is 0 Å². The van der Waals surface area contributed by atoms with Crippen LogP contribution < -0.4 is 5.73 Å².